The van der Waals surface area contributed by atoms with E-state index in [0.29, 0.717) is 0 Å². The number of hydrogen-bond acceptors (Lipinski definition) is 1. The molecule has 1 saturated carbocycles. The van der Waals surface area contributed by atoms with Gasteiger partial charge in [-0.3, -0.25) is 0 Å². The number of carbonyl (C=O) groups is 1. The molecule has 1 fully saturated rings. The second kappa shape index (κ2) is 2.45. The quantitative estimate of drug-likeness (QED) is 0.745. The Labute approximate surface area is 82.3 Å². The Morgan fingerprint density at radius 3 is 2.36 bits per heavy atom. The summed E-state index contributed by atoms with van der Waals surface area (Å²) in [5.74, 6) is -5.12. The van der Waals surface area contributed by atoms with E-state index in [4.69, 9.17) is 16.7 Å². The molecule has 0 heterocycles. The summed E-state index contributed by atoms with van der Waals surface area (Å²) >= 11 is 5.49. The number of hydrogen-bond donors (Lipinski definition) is 1. The lowest BCUT2D eigenvalue weighted by Crippen LogP contribution is -2.17. The number of aliphatic carboxylic acids is 1. The maximum absolute atomic E-state index is 12.9. The van der Waals surface area contributed by atoms with E-state index in [9.17, 15) is 18.0 Å². The Morgan fingerprint density at radius 1 is 1.57 bits per heavy atom. The summed E-state index contributed by atoms with van der Waals surface area (Å²) < 4.78 is 38.8. The van der Waals surface area contributed by atoms with Gasteiger partial charge in [-0.05, 0) is 12.8 Å². The first kappa shape index (κ1) is 9.83. The molecule has 2 rings (SSSR count). The minimum atomic E-state index is -3.57. The molecular weight excluding hydrogens is 221 g/mol. The molecule has 78 valence electrons. The highest BCUT2D eigenvalue weighted by Gasteiger charge is 2.85. The molecule has 0 amide bonds. The SMILES string of the molecule is O=C(O)C1=C(Cl)CCC12C(F)C2(F)F. The van der Waals surface area contributed by atoms with Crippen molar-refractivity contribution in [3.05, 3.63) is 10.6 Å². The summed E-state index contributed by atoms with van der Waals surface area (Å²) in [5.41, 5.74) is -2.78. The first-order chi connectivity index (χ1) is 6.35. The van der Waals surface area contributed by atoms with Gasteiger partial charge in [-0.1, -0.05) is 11.6 Å². The molecule has 0 bridgehead atoms. The normalized spacial score (nSPS) is 39.3. The summed E-state index contributed by atoms with van der Waals surface area (Å²) in [4.78, 5) is 10.7. The van der Waals surface area contributed by atoms with E-state index in [1.807, 2.05) is 0 Å². The van der Waals surface area contributed by atoms with Crippen LogP contribution in [0.3, 0.4) is 0 Å². The zero-order valence-corrected chi connectivity index (χ0v) is 7.61. The fraction of sp³-hybridized carbons (Fsp3) is 0.625. The largest absolute Gasteiger partial charge is 0.478 e. The topological polar surface area (TPSA) is 37.3 Å². The fourth-order valence-corrected chi connectivity index (χ4v) is 2.45. The Kier molecular flexibility index (Phi) is 1.72. The lowest BCUT2D eigenvalue weighted by molar-refractivity contribution is -0.133. The first-order valence-corrected chi connectivity index (χ1v) is 4.38. The lowest BCUT2D eigenvalue weighted by Gasteiger charge is -2.08. The van der Waals surface area contributed by atoms with Crippen molar-refractivity contribution >= 4 is 17.6 Å². The molecule has 0 saturated heterocycles. The number of allylic oxidation sites excluding steroid dienone is 1. The van der Waals surface area contributed by atoms with Crippen LogP contribution in [0.4, 0.5) is 13.2 Å². The van der Waals surface area contributed by atoms with Crippen LogP contribution in [0.1, 0.15) is 12.8 Å². The van der Waals surface area contributed by atoms with Gasteiger partial charge in [0.15, 0.2) is 6.17 Å². The first-order valence-electron chi connectivity index (χ1n) is 4.00. The van der Waals surface area contributed by atoms with Crippen LogP contribution in [0.5, 0.6) is 0 Å². The molecular formula is C8H6ClF3O2. The Balaban J connectivity index is 2.47. The highest BCUT2D eigenvalue weighted by atomic mass is 35.5. The van der Waals surface area contributed by atoms with Gasteiger partial charge in [-0.2, -0.15) is 0 Å². The molecule has 2 nitrogen and oxygen atoms in total. The zero-order chi connectivity index (χ0) is 10.7. The van der Waals surface area contributed by atoms with Crippen molar-refractivity contribution in [1.29, 1.82) is 0 Å². The second-order valence-corrected chi connectivity index (χ2v) is 4.00. The van der Waals surface area contributed by atoms with Gasteiger partial charge < -0.3 is 5.11 Å². The predicted octanol–water partition coefficient (Wildman–Crippen LogP) is 2.33. The molecule has 2 aliphatic carbocycles. The number of alkyl halides is 3. The Morgan fingerprint density at radius 2 is 2.07 bits per heavy atom. The van der Waals surface area contributed by atoms with Gasteiger partial charge in [0, 0.05) is 5.03 Å². The molecule has 14 heavy (non-hydrogen) atoms. The van der Waals surface area contributed by atoms with E-state index in [0.717, 1.165) is 0 Å². The van der Waals surface area contributed by atoms with Gasteiger partial charge in [0.1, 0.15) is 5.41 Å². The van der Waals surface area contributed by atoms with Gasteiger partial charge in [-0.15, -0.1) is 0 Å². The predicted molar refractivity (Wildman–Crippen MR) is 42.0 cm³/mol. The van der Waals surface area contributed by atoms with Gasteiger partial charge in [0.2, 0.25) is 0 Å². The van der Waals surface area contributed by atoms with E-state index in [1.165, 1.54) is 0 Å². The van der Waals surface area contributed by atoms with Crippen LogP contribution in [0.15, 0.2) is 10.6 Å². The summed E-state index contributed by atoms with van der Waals surface area (Å²) in [5, 5.41) is 8.51. The highest BCUT2D eigenvalue weighted by Crippen LogP contribution is 2.72. The monoisotopic (exact) mass is 226 g/mol. The average Bonchev–Trinajstić information content (AvgIpc) is 2.47. The van der Waals surface area contributed by atoms with Crippen molar-refractivity contribution in [2.24, 2.45) is 5.41 Å². The minimum Gasteiger partial charge on any atom is -0.478 e. The van der Waals surface area contributed by atoms with Crippen molar-refractivity contribution in [3.63, 3.8) is 0 Å². The van der Waals surface area contributed by atoms with Crippen LogP contribution in [-0.2, 0) is 4.79 Å². The molecule has 1 spiro atoms. The Bertz CT molecular complexity index is 352. The highest BCUT2D eigenvalue weighted by molar-refractivity contribution is 6.32. The van der Waals surface area contributed by atoms with E-state index in [1.54, 1.807) is 0 Å². The van der Waals surface area contributed by atoms with Crippen molar-refractivity contribution < 1.29 is 23.1 Å². The molecule has 2 unspecified atom stereocenters. The van der Waals surface area contributed by atoms with Crippen LogP contribution in [0.2, 0.25) is 0 Å². The molecule has 0 aromatic carbocycles. The molecule has 0 aromatic rings. The van der Waals surface area contributed by atoms with E-state index >= 15 is 0 Å². The van der Waals surface area contributed by atoms with Crippen molar-refractivity contribution in [1.82, 2.24) is 0 Å². The maximum atomic E-state index is 12.9. The molecule has 6 heteroatoms. The van der Waals surface area contributed by atoms with Gasteiger partial charge >= 0.3 is 5.97 Å². The number of carboxylic acid groups (broad SMARTS) is 1. The molecule has 0 aromatic heterocycles. The van der Waals surface area contributed by atoms with Crippen molar-refractivity contribution in [2.75, 3.05) is 0 Å². The zero-order valence-electron chi connectivity index (χ0n) is 6.86. The van der Waals surface area contributed by atoms with Crippen LogP contribution in [0.25, 0.3) is 0 Å². The van der Waals surface area contributed by atoms with E-state index < -0.39 is 29.1 Å². The summed E-state index contributed by atoms with van der Waals surface area (Å²) in [6, 6.07) is 0. The molecule has 2 aliphatic rings. The van der Waals surface area contributed by atoms with Gasteiger partial charge in [-0.25, -0.2) is 18.0 Å². The molecule has 0 radical (unpaired) electrons. The van der Waals surface area contributed by atoms with Crippen LogP contribution in [0, 0.1) is 5.41 Å². The molecule has 1 N–H and O–H groups in total. The summed E-state index contributed by atoms with van der Waals surface area (Å²) in [6.45, 7) is 0. The maximum Gasteiger partial charge on any atom is 0.333 e. The summed E-state index contributed by atoms with van der Waals surface area (Å²) in [7, 11) is 0. The van der Waals surface area contributed by atoms with Crippen molar-refractivity contribution in [2.45, 2.75) is 24.9 Å². The van der Waals surface area contributed by atoms with E-state index in [-0.39, 0.29) is 17.9 Å². The van der Waals surface area contributed by atoms with E-state index in [2.05, 4.69) is 0 Å². The third-order valence-electron chi connectivity index (χ3n) is 2.93. The standard InChI is InChI=1S/C8H6ClF3O2/c9-3-1-2-7(4(3)5(13)14)6(10)8(7,11)12/h6H,1-2H2,(H,13,14). The second-order valence-electron chi connectivity index (χ2n) is 3.54. The van der Waals surface area contributed by atoms with Gasteiger partial charge in [0.25, 0.3) is 5.92 Å². The number of rotatable bonds is 1. The van der Waals surface area contributed by atoms with Crippen molar-refractivity contribution in [3.8, 4) is 0 Å². The Hall–Kier alpha value is -0.710. The van der Waals surface area contributed by atoms with Gasteiger partial charge in [0.05, 0.1) is 5.57 Å². The van der Waals surface area contributed by atoms with Crippen LogP contribution in [-0.4, -0.2) is 23.2 Å². The molecule has 0 aliphatic heterocycles. The molecule has 2 atom stereocenters. The third kappa shape index (κ3) is 0.815. The smallest absolute Gasteiger partial charge is 0.333 e. The fourth-order valence-electron chi connectivity index (χ4n) is 2.10. The number of carboxylic acids is 1. The lowest BCUT2D eigenvalue weighted by atomic mass is 9.97. The van der Waals surface area contributed by atoms with Crippen LogP contribution < -0.4 is 0 Å². The number of halogens is 4. The summed E-state index contributed by atoms with van der Waals surface area (Å²) in [6.07, 6.45) is -2.61. The average molecular weight is 227 g/mol. The minimum absolute atomic E-state index is 0.0131. The van der Waals surface area contributed by atoms with Crippen LogP contribution >= 0.6 is 11.6 Å². The third-order valence-corrected chi connectivity index (χ3v) is 3.31.